The lowest BCUT2D eigenvalue weighted by molar-refractivity contribution is -0.386. The molecule has 2 rings (SSSR count). The van der Waals surface area contributed by atoms with Crippen molar-refractivity contribution >= 4 is 11.5 Å². The Morgan fingerprint density at radius 2 is 2.11 bits per heavy atom. The van der Waals surface area contributed by atoms with Crippen LogP contribution >= 0.6 is 0 Å². The zero-order valence-electron chi connectivity index (χ0n) is 10.6. The number of benzene rings is 1. The summed E-state index contributed by atoms with van der Waals surface area (Å²) in [5.41, 5.74) is -0.0222. The molecule has 1 aromatic rings. The van der Waals surface area contributed by atoms with E-state index >= 15 is 0 Å². The van der Waals surface area contributed by atoms with E-state index < -0.39 is 10.3 Å². The average Bonchev–Trinajstić information content (AvgIpc) is 2.28. The number of nitrogens with zero attached hydrogens (tertiary/aromatic N) is 1. The number of carbonyl (C=O) groups is 1. The average molecular weight is 249 g/mol. The van der Waals surface area contributed by atoms with Crippen LogP contribution in [-0.4, -0.2) is 16.8 Å². The molecule has 5 nitrogen and oxygen atoms in total. The van der Waals surface area contributed by atoms with E-state index in [1.165, 1.54) is 0 Å². The molecule has 0 heterocycles. The molecule has 96 valence electrons. The summed E-state index contributed by atoms with van der Waals surface area (Å²) < 4.78 is 5.65. The van der Waals surface area contributed by atoms with Gasteiger partial charge in [0, 0.05) is 12.0 Å². The predicted octanol–water partition coefficient (Wildman–Crippen LogP) is 2.65. The van der Waals surface area contributed by atoms with Crippen LogP contribution in [0.15, 0.2) is 18.2 Å². The highest BCUT2D eigenvalue weighted by atomic mass is 16.6. The molecule has 0 aromatic heterocycles. The van der Waals surface area contributed by atoms with Gasteiger partial charge >= 0.3 is 5.69 Å². The Morgan fingerprint density at radius 3 is 2.61 bits per heavy atom. The number of aryl methyl sites for hydroxylation is 1. The third-order valence-electron chi connectivity index (χ3n) is 3.55. The van der Waals surface area contributed by atoms with Crippen molar-refractivity contribution in [3.05, 3.63) is 33.9 Å². The van der Waals surface area contributed by atoms with E-state index in [2.05, 4.69) is 0 Å². The van der Waals surface area contributed by atoms with Crippen molar-refractivity contribution < 1.29 is 14.5 Å². The summed E-state index contributed by atoms with van der Waals surface area (Å²) in [6.07, 6.45) is 0.0310. The third-order valence-corrected chi connectivity index (χ3v) is 3.55. The van der Waals surface area contributed by atoms with Crippen LogP contribution in [0.5, 0.6) is 5.75 Å². The molecule has 0 N–H and O–H groups in total. The van der Waals surface area contributed by atoms with Crippen LogP contribution in [0.4, 0.5) is 5.69 Å². The maximum Gasteiger partial charge on any atom is 0.313 e. The molecule has 1 fully saturated rings. The summed E-state index contributed by atoms with van der Waals surface area (Å²) in [5.74, 6) is 0.369. The lowest BCUT2D eigenvalue weighted by Crippen LogP contribution is -2.53. The van der Waals surface area contributed by atoms with Gasteiger partial charge in [-0.15, -0.1) is 0 Å². The van der Waals surface area contributed by atoms with Gasteiger partial charge in [0.1, 0.15) is 11.9 Å². The molecule has 0 spiro atoms. The maximum absolute atomic E-state index is 11.4. The van der Waals surface area contributed by atoms with Crippen molar-refractivity contribution in [1.29, 1.82) is 0 Å². The third kappa shape index (κ3) is 1.85. The molecule has 1 unspecified atom stereocenters. The van der Waals surface area contributed by atoms with Crippen LogP contribution in [0.2, 0.25) is 0 Å². The molecule has 1 atom stereocenters. The van der Waals surface area contributed by atoms with Gasteiger partial charge < -0.3 is 4.74 Å². The van der Waals surface area contributed by atoms with Crippen LogP contribution in [-0.2, 0) is 4.79 Å². The zero-order valence-corrected chi connectivity index (χ0v) is 10.6. The highest BCUT2D eigenvalue weighted by Crippen LogP contribution is 2.41. The fourth-order valence-electron chi connectivity index (χ4n) is 2.04. The number of ketones is 1. The minimum Gasteiger partial charge on any atom is -0.482 e. The van der Waals surface area contributed by atoms with Crippen LogP contribution in [0, 0.1) is 22.5 Å². The molecule has 18 heavy (non-hydrogen) atoms. The number of hydrogen-bond acceptors (Lipinski definition) is 4. The van der Waals surface area contributed by atoms with Gasteiger partial charge in [-0.2, -0.15) is 0 Å². The van der Waals surface area contributed by atoms with Crippen molar-refractivity contribution in [3.8, 4) is 5.75 Å². The molecule has 1 aromatic carbocycles. The Hall–Kier alpha value is -1.91. The zero-order chi connectivity index (χ0) is 13.5. The molecule has 1 aliphatic carbocycles. The Labute approximate surface area is 105 Å². The number of nitro benzene ring substituents is 1. The second kappa shape index (κ2) is 4.08. The lowest BCUT2D eigenvalue weighted by atomic mass is 9.68. The van der Waals surface area contributed by atoms with Crippen molar-refractivity contribution in [2.24, 2.45) is 5.41 Å². The van der Waals surface area contributed by atoms with Gasteiger partial charge in [0.2, 0.25) is 0 Å². The van der Waals surface area contributed by atoms with Gasteiger partial charge in [-0.1, -0.05) is 12.1 Å². The fourth-order valence-corrected chi connectivity index (χ4v) is 2.04. The molecule has 0 saturated heterocycles. The Kier molecular flexibility index (Phi) is 2.84. The molecule has 0 amide bonds. The number of para-hydroxylation sites is 1. The monoisotopic (exact) mass is 249 g/mol. The summed E-state index contributed by atoms with van der Waals surface area (Å²) in [5, 5.41) is 11.0. The van der Waals surface area contributed by atoms with Crippen LogP contribution in [0.3, 0.4) is 0 Å². The van der Waals surface area contributed by atoms with E-state index in [1.54, 1.807) is 39.0 Å². The molecule has 1 saturated carbocycles. The number of hydrogen-bond donors (Lipinski definition) is 0. The highest BCUT2D eigenvalue weighted by Gasteiger charge is 2.49. The quantitative estimate of drug-likeness (QED) is 0.610. The first-order valence-electron chi connectivity index (χ1n) is 5.78. The first-order valence-corrected chi connectivity index (χ1v) is 5.78. The first-order chi connectivity index (χ1) is 8.34. The Morgan fingerprint density at radius 1 is 1.44 bits per heavy atom. The van der Waals surface area contributed by atoms with Crippen LogP contribution in [0.25, 0.3) is 0 Å². The van der Waals surface area contributed by atoms with Gasteiger partial charge in [-0.3, -0.25) is 14.9 Å². The molecule has 0 radical (unpaired) electrons. The van der Waals surface area contributed by atoms with Gasteiger partial charge in [-0.05, 0) is 26.8 Å². The smallest absolute Gasteiger partial charge is 0.313 e. The number of ether oxygens (including phenoxy) is 1. The number of nitro groups is 1. The van der Waals surface area contributed by atoms with E-state index in [1.807, 2.05) is 0 Å². The SMILES string of the molecule is Cc1cccc(OC2CC(=O)C2(C)C)c1[N+](=O)[O-]. The summed E-state index contributed by atoms with van der Waals surface area (Å²) in [7, 11) is 0. The molecule has 5 heteroatoms. The summed E-state index contributed by atoms with van der Waals surface area (Å²) >= 11 is 0. The summed E-state index contributed by atoms with van der Waals surface area (Å²) in [4.78, 5) is 22.0. The second-order valence-electron chi connectivity index (χ2n) is 5.13. The number of Topliss-reactive ketones (excluding diaryl/α,β-unsaturated/α-hetero) is 1. The second-order valence-corrected chi connectivity index (χ2v) is 5.13. The first kappa shape index (κ1) is 12.5. The number of rotatable bonds is 3. The molecule has 0 bridgehead atoms. The van der Waals surface area contributed by atoms with Gasteiger partial charge in [0.25, 0.3) is 0 Å². The molecule has 1 aliphatic rings. The Balaban J connectivity index is 2.28. The van der Waals surface area contributed by atoms with Crippen molar-refractivity contribution in [2.75, 3.05) is 0 Å². The predicted molar refractivity (Wildman–Crippen MR) is 65.7 cm³/mol. The highest BCUT2D eigenvalue weighted by molar-refractivity contribution is 5.91. The molecular formula is C13H15NO4. The topological polar surface area (TPSA) is 69.4 Å². The minimum atomic E-state index is -0.558. The van der Waals surface area contributed by atoms with E-state index in [-0.39, 0.29) is 23.3 Å². The normalized spacial score (nSPS) is 21.3. The van der Waals surface area contributed by atoms with E-state index in [0.29, 0.717) is 12.0 Å². The van der Waals surface area contributed by atoms with Crippen LogP contribution in [0.1, 0.15) is 25.8 Å². The van der Waals surface area contributed by atoms with E-state index in [4.69, 9.17) is 4.74 Å². The summed E-state index contributed by atoms with van der Waals surface area (Å²) in [6.45, 7) is 5.26. The van der Waals surface area contributed by atoms with Crippen LogP contribution < -0.4 is 4.74 Å². The van der Waals surface area contributed by atoms with E-state index in [9.17, 15) is 14.9 Å². The lowest BCUT2D eigenvalue weighted by Gasteiger charge is -2.41. The largest absolute Gasteiger partial charge is 0.482 e. The number of carbonyl (C=O) groups excluding carboxylic acids is 1. The Bertz CT molecular complexity index is 522. The standard InChI is InChI=1S/C13H15NO4/c1-8-5-4-6-9(12(8)14(16)17)18-11-7-10(15)13(11,2)3/h4-6,11H,7H2,1-3H3. The van der Waals surface area contributed by atoms with Crippen molar-refractivity contribution in [3.63, 3.8) is 0 Å². The fraction of sp³-hybridized carbons (Fsp3) is 0.462. The minimum absolute atomic E-state index is 0.0207. The van der Waals surface area contributed by atoms with Gasteiger partial charge in [-0.25, -0.2) is 0 Å². The van der Waals surface area contributed by atoms with Crippen molar-refractivity contribution in [2.45, 2.75) is 33.3 Å². The maximum atomic E-state index is 11.4. The van der Waals surface area contributed by atoms with Gasteiger partial charge in [0.05, 0.1) is 10.3 Å². The van der Waals surface area contributed by atoms with Gasteiger partial charge in [0.15, 0.2) is 5.75 Å². The van der Waals surface area contributed by atoms with E-state index in [0.717, 1.165) is 0 Å². The molecular weight excluding hydrogens is 234 g/mol. The van der Waals surface area contributed by atoms with Crippen molar-refractivity contribution in [1.82, 2.24) is 0 Å². The molecule has 0 aliphatic heterocycles. The summed E-state index contributed by atoms with van der Waals surface area (Å²) in [6, 6.07) is 4.96.